The Kier molecular flexibility index (Phi) is 5.09. The van der Waals surface area contributed by atoms with Crippen molar-refractivity contribution in [2.45, 2.75) is 20.0 Å². The van der Waals surface area contributed by atoms with Crippen LogP contribution in [0.2, 0.25) is 5.02 Å². The summed E-state index contributed by atoms with van der Waals surface area (Å²) in [4.78, 5) is 21.7. The molecule has 1 aromatic rings. The molecule has 0 unspecified atom stereocenters. The predicted molar refractivity (Wildman–Crippen MR) is 62.6 cm³/mol. The highest BCUT2D eigenvalue weighted by atomic mass is 35.5. The zero-order valence-electron chi connectivity index (χ0n) is 9.91. The Balaban J connectivity index is 2.97. The van der Waals surface area contributed by atoms with Crippen molar-refractivity contribution in [3.63, 3.8) is 0 Å². The van der Waals surface area contributed by atoms with Gasteiger partial charge in [-0.15, -0.1) is 0 Å². The molecule has 0 aliphatic rings. The number of esters is 2. The van der Waals surface area contributed by atoms with E-state index in [1.54, 1.807) is 0 Å². The van der Waals surface area contributed by atoms with E-state index in [0.29, 0.717) is 0 Å². The molecule has 0 amide bonds. The quantitative estimate of drug-likeness (QED) is 0.792. The molecule has 4 nitrogen and oxygen atoms in total. The van der Waals surface area contributed by atoms with Gasteiger partial charge in [-0.2, -0.15) is 0 Å². The molecule has 1 atom stereocenters. The lowest BCUT2D eigenvalue weighted by Gasteiger charge is -2.18. The van der Waals surface area contributed by atoms with Gasteiger partial charge in [0.05, 0.1) is 5.02 Å². The number of ether oxygens (including phenoxy) is 2. The molecule has 6 heteroatoms. The Morgan fingerprint density at radius 1 is 1.33 bits per heavy atom. The normalized spacial score (nSPS) is 11.8. The predicted octanol–water partition coefficient (Wildman–Crippen LogP) is 2.65. The highest BCUT2D eigenvalue weighted by molar-refractivity contribution is 6.30. The van der Waals surface area contributed by atoms with Gasteiger partial charge in [0.25, 0.3) is 0 Å². The van der Waals surface area contributed by atoms with E-state index in [4.69, 9.17) is 21.1 Å². The Labute approximate surface area is 109 Å². The number of halogens is 2. The van der Waals surface area contributed by atoms with Crippen LogP contribution in [0.3, 0.4) is 0 Å². The number of benzene rings is 1. The van der Waals surface area contributed by atoms with Crippen molar-refractivity contribution in [2.75, 3.05) is 6.61 Å². The van der Waals surface area contributed by atoms with Crippen molar-refractivity contribution in [1.82, 2.24) is 0 Å². The van der Waals surface area contributed by atoms with Crippen molar-refractivity contribution in [3.05, 3.63) is 34.6 Å². The second-order valence-electron chi connectivity index (χ2n) is 3.54. The molecule has 18 heavy (non-hydrogen) atoms. The summed E-state index contributed by atoms with van der Waals surface area (Å²) in [5.74, 6) is -1.85. The number of hydrogen-bond acceptors (Lipinski definition) is 4. The van der Waals surface area contributed by atoms with Crippen LogP contribution in [0.15, 0.2) is 18.2 Å². The summed E-state index contributed by atoms with van der Waals surface area (Å²) in [7, 11) is 0. The van der Waals surface area contributed by atoms with Crippen molar-refractivity contribution >= 4 is 23.5 Å². The molecular formula is C12H12ClFO4. The van der Waals surface area contributed by atoms with Gasteiger partial charge >= 0.3 is 11.9 Å². The molecule has 0 spiro atoms. The Morgan fingerprint density at radius 3 is 2.56 bits per heavy atom. The summed E-state index contributed by atoms with van der Waals surface area (Å²) >= 11 is 5.63. The van der Waals surface area contributed by atoms with E-state index in [2.05, 4.69) is 0 Å². The molecule has 0 bridgehead atoms. The summed E-state index contributed by atoms with van der Waals surface area (Å²) in [6.07, 6.45) is -1.01. The average molecular weight is 275 g/mol. The maximum absolute atomic E-state index is 13.8. The van der Waals surface area contributed by atoms with Crippen molar-refractivity contribution < 1.29 is 23.5 Å². The molecule has 1 rings (SSSR count). The Morgan fingerprint density at radius 2 is 2.00 bits per heavy atom. The number of hydrogen-bond donors (Lipinski definition) is 0. The first kappa shape index (κ1) is 14.4. The lowest BCUT2D eigenvalue weighted by Crippen LogP contribution is -2.17. The molecule has 0 heterocycles. The molecule has 1 aromatic carbocycles. The van der Waals surface area contributed by atoms with Crippen molar-refractivity contribution in [3.8, 4) is 0 Å². The first-order valence-electron chi connectivity index (χ1n) is 5.16. The molecule has 0 saturated carbocycles. The third kappa shape index (κ3) is 4.00. The first-order chi connectivity index (χ1) is 8.41. The van der Waals surface area contributed by atoms with Gasteiger partial charge in [-0.25, -0.2) is 4.39 Å². The van der Waals surface area contributed by atoms with Gasteiger partial charge in [0.15, 0.2) is 6.10 Å². The van der Waals surface area contributed by atoms with E-state index < -0.39 is 23.9 Å². The van der Waals surface area contributed by atoms with Crippen LogP contribution in [-0.4, -0.2) is 18.5 Å². The molecule has 0 aliphatic carbocycles. The zero-order valence-corrected chi connectivity index (χ0v) is 10.7. The molecule has 98 valence electrons. The van der Waals surface area contributed by atoms with Crippen LogP contribution in [0, 0.1) is 5.82 Å². The standard InChI is InChI=1S/C12H12ClFO4/c1-7(15)17-6-11(18-8(2)16)9-4-3-5-10(13)12(9)14/h3-5,11H,6H2,1-2H3/t11-/m1/s1. The number of carbonyl (C=O) groups is 2. The van der Waals surface area contributed by atoms with Crippen LogP contribution < -0.4 is 0 Å². The van der Waals surface area contributed by atoms with Crippen molar-refractivity contribution in [2.24, 2.45) is 0 Å². The lowest BCUT2D eigenvalue weighted by molar-refractivity contribution is -0.156. The van der Waals surface area contributed by atoms with E-state index in [0.717, 1.165) is 0 Å². The summed E-state index contributed by atoms with van der Waals surface area (Å²) in [5, 5.41) is -0.0903. The third-order valence-electron chi connectivity index (χ3n) is 2.07. The molecule has 0 aliphatic heterocycles. The molecule has 0 saturated heterocycles. The summed E-state index contributed by atoms with van der Waals surface area (Å²) < 4.78 is 23.4. The van der Waals surface area contributed by atoms with Gasteiger partial charge in [-0.1, -0.05) is 23.7 Å². The van der Waals surface area contributed by atoms with E-state index in [9.17, 15) is 14.0 Å². The fourth-order valence-corrected chi connectivity index (χ4v) is 1.53. The monoisotopic (exact) mass is 274 g/mol. The SMILES string of the molecule is CC(=O)OC[C@@H](OC(C)=O)c1cccc(Cl)c1F. The summed E-state index contributed by atoms with van der Waals surface area (Å²) in [6.45, 7) is 2.13. The van der Waals surface area contributed by atoms with E-state index in [1.165, 1.54) is 32.0 Å². The largest absolute Gasteiger partial charge is 0.462 e. The smallest absolute Gasteiger partial charge is 0.303 e. The molecule has 0 N–H and O–H groups in total. The van der Waals surface area contributed by atoms with E-state index >= 15 is 0 Å². The Bertz CT molecular complexity index is 461. The first-order valence-corrected chi connectivity index (χ1v) is 5.54. The van der Waals surface area contributed by atoms with E-state index in [1.807, 2.05) is 0 Å². The second kappa shape index (κ2) is 6.35. The van der Waals surface area contributed by atoms with Crippen LogP contribution in [0.4, 0.5) is 4.39 Å². The van der Waals surface area contributed by atoms with Crippen molar-refractivity contribution in [1.29, 1.82) is 0 Å². The number of rotatable bonds is 4. The second-order valence-corrected chi connectivity index (χ2v) is 3.95. The van der Waals surface area contributed by atoms with Crippen LogP contribution in [0.1, 0.15) is 25.5 Å². The van der Waals surface area contributed by atoms with Crippen LogP contribution in [-0.2, 0) is 19.1 Å². The fourth-order valence-electron chi connectivity index (χ4n) is 1.35. The maximum Gasteiger partial charge on any atom is 0.303 e. The lowest BCUT2D eigenvalue weighted by atomic mass is 10.1. The van der Waals surface area contributed by atoms with Gasteiger partial charge in [-0.05, 0) is 6.07 Å². The van der Waals surface area contributed by atoms with Gasteiger partial charge in [0, 0.05) is 19.4 Å². The summed E-state index contributed by atoms with van der Waals surface area (Å²) in [6, 6.07) is 4.31. The van der Waals surface area contributed by atoms with Gasteiger partial charge < -0.3 is 9.47 Å². The highest BCUT2D eigenvalue weighted by Crippen LogP contribution is 2.26. The molecule has 0 radical (unpaired) electrons. The van der Waals surface area contributed by atoms with E-state index in [-0.39, 0.29) is 17.2 Å². The topological polar surface area (TPSA) is 52.6 Å². The Hall–Kier alpha value is -1.62. The maximum atomic E-state index is 13.8. The molecule has 0 fully saturated rings. The minimum Gasteiger partial charge on any atom is -0.462 e. The minimum absolute atomic E-state index is 0.0685. The minimum atomic E-state index is -1.01. The van der Waals surface area contributed by atoms with Gasteiger partial charge in [0.1, 0.15) is 12.4 Å². The fraction of sp³-hybridized carbons (Fsp3) is 0.333. The highest BCUT2D eigenvalue weighted by Gasteiger charge is 2.21. The van der Waals surface area contributed by atoms with Gasteiger partial charge in [-0.3, -0.25) is 9.59 Å². The molecular weight excluding hydrogens is 263 g/mol. The summed E-state index contributed by atoms with van der Waals surface area (Å²) in [5.41, 5.74) is 0.0685. The third-order valence-corrected chi connectivity index (χ3v) is 2.37. The van der Waals surface area contributed by atoms with Crippen LogP contribution in [0.25, 0.3) is 0 Å². The average Bonchev–Trinajstić information content (AvgIpc) is 2.27. The van der Waals surface area contributed by atoms with Gasteiger partial charge in [0.2, 0.25) is 0 Å². The zero-order chi connectivity index (χ0) is 13.7. The van der Waals surface area contributed by atoms with Crippen LogP contribution in [0.5, 0.6) is 0 Å². The molecule has 0 aromatic heterocycles. The van der Waals surface area contributed by atoms with Crippen LogP contribution >= 0.6 is 11.6 Å². The number of carbonyl (C=O) groups excluding carboxylic acids is 2.